The van der Waals surface area contributed by atoms with Gasteiger partial charge in [0.1, 0.15) is 0 Å². The fourth-order valence-corrected chi connectivity index (χ4v) is 0. The molecule has 0 atom stereocenters. The topological polar surface area (TPSA) is 12.0 Å². The zero-order chi connectivity index (χ0) is 7.21. The van der Waals surface area contributed by atoms with E-state index in [1.165, 1.54) is 0 Å². The van der Waals surface area contributed by atoms with Crippen molar-refractivity contribution >= 4 is 0 Å². The minimum atomic E-state index is -4.00. The molecule has 52 valence electrons. The lowest BCUT2D eigenvalue weighted by Gasteiger charge is -1.88. The second-order valence-electron chi connectivity index (χ2n) is 1.28. The lowest BCUT2D eigenvalue weighted by atomic mass is 10.8. The second kappa shape index (κ2) is 4.90. The minimum absolute atomic E-state index is 0.188. The van der Waals surface area contributed by atoms with Crippen LogP contribution < -0.4 is 5.32 Å². The van der Waals surface area contributed by atoms with E-state index in [1.807, 2.05) is 14.1 Å². The maximum Gasteiger partial charge on any atom is 0.386 e. The van der Waals surface area contributed by atoms with Crippen LogP contribution in [0, 0.1) is 0 Å². The molecule has 0 aliphatic carbocycles. The highest BCUT2D eigenvalue weighted by Gasteiger charge is 2.15. The molecular weight excluding hydrogens is 119 g/mol. The van der Waals surface area contributed by atoms with Gasteiger partial charge in [0.25, 0.3) is 0 Å². The van der Waals surface area contributed by atoms with E-state index in [4.69, 9.17) is 0 Å². The van der Waals surface area contributed by atoms with Crippen LogP contribution in [0.4, 0.5) is 13.2 Å². The predicted molar refractivity (Wildman–Crippen MR) is 26.7 cm³/mol. The number of halogens is 3. The van der Waals surface area contributed by atoms with Gasteiger partial charge in [0.2, 0.25) is 0 Å². The Morgan fingerprint density at radius 1 is 1.12 bits per heavy atom. The second-order valence-corrected chi connectivity index (χ2v) is 1.28. The van der Waals surface area contributed by atoms with Crippen LogP contribution in [0.1, 0.15) is 6.92 Å². The monoisotopic (exact) mass is 129 g/mol. The van der Waals surface area contributed by atoms with Crippen LogP contribution in [-0.2, 0) is 0 Å². The quantitative estimate of drug-likeness (QED) is 0.521. The number of rotatable bonds is 0. The Bertz CT molecular complexity index is 35.0. The molecule has 0 aromatic rings. The summed E-state index contributed by atoms with van der Waals surface area (Å²) in [5.41, 5.74) is 0. The number of hydrogen-bond donors (Lipinski definition) is 1. The average Bonchev–Trinajstić information content (AvgIpc) is 1.27. The summed E-state index contributed by atoms with van der Waals surface area (Å²) in [5.74, 6) is 0. The molecule has 0 radical (unpaired) electrons. The van der Waals surface area contributed by atoms with E-state index in [2.05, 4.69) is 5.32 Å². The Balaban J connectivity index is 0. The molecule has 1 nitrogen and oxygen atoms in total. The summed E-state index contributed by atoms with van der Waals surface area (Å²) in [6, 6.07) is 0. The van der Waals surface area contributed by atoms with Gasteiger partial charge in [-0.3, -0.25) is 0 Å². The van der Waals surface area contributed by atoms with Crippen molar-refractivity contribution in [2.24, 2.45) is 0 Å². The van der Waals surface area contributed by atoms with Crippen molar-refractivity contribution in [1.29, 1.82) is 0 Å². The lowest BCUT2D eigenvalue weighted by Crippen LogP contribution is -1.95. The molecule has 0 fully saturated rings. The maximum atomic E-state index is 10.4. The first-order chi connectivity index (χ1) is 3.41. The van der Waals surface area contributed by atoms with Crippen LogP contribution in [-0.4, -0.2) is 20.3 Å². The van der Waals surface area contributed by atoms with Crippen LogP contribution in [0.3, 0.4) is 0 Å². The molecule has 0 unspecified atom stereocenters. The highest BCUT2D eigenvalue weighted by molar-refractivity contribution is 4.26. The van der Waals surface area contributed by atoms with Crippen LogP contribution in [0.2, 0.25) is 0 Å². The van der Waals surface area contributed by atoms with Gasteiger partial charge in [-0.1, -0.05) is 0 Å². The standard InChI is InChI=1S/C2H3F3.C2H7N/c1-2(3,4)5;1-3-2/h1H3;3H,1-2H3. The smallest absolute Gasteiger partial charge is 0.323 e. The summed E-state index contributed by atoms with van der Waals surface area (Å²) in [5, 5.41) is 2.75. The molecule has 0 aromatic carbocycles. The summed E-state index contributed by atoms with van der Waals surface area (Å²) < 4.78 is 31.1. The van der Waals surface area contributed by atoms with Gasteiger partial charge in [-0.25, -0.2) is 0 Å². The Kier molecular flexibility index (Phi) is 6.54. The molecule has 0 aliphatic heterocycles. The van der Waals surface area contributed by atoms with Gasteiger partial charge in [0.15, 0.2) is 0 Å². The van der Waals surface area contributed by atoms with E-state index < -0.39 is 6.18 Å². The third-order valence-corrected chi connectivity index (χ3v) is 0. The Labute approximate surface area is 46.9 Å². The Hall–Kier alpha value is -0.250. The minimum Gasteiger partial charge on any atom is -0.323 e. The molecule has 8 heavy (non-hydrogen) atoms. The van der Waals surface area contributed by atoms with Crippen molar-refractivity contribution in [3.8, 4) is 0 Å². The zero-order valence-electron chi connectivity index (χ0n) is 5.13. The molecule has 0 aromatic heterocycles. The molecular formula is C4H10F3N. The molecule has 0 spiro atoms. The Morgan fingerprint density at radius 3 is 1.12 bits per heavy atom. The fraction of sp³-hybridized carbons (Fsp3) is 1.00. The molecule has 0 rings (SSSR count). The van der Waals surface area contributed by atoms with E-state index in [-0.39, 0.29) is 6.92 Å². The largest absolute Gasteiger partial charge is 0.386 e. The Morgan fingerprint density at radius 2 is 1.12 bits per heavy atom. The molecule has 0 bridgehead atoms. The molecule has 0 aliphatic rings. The summed E-state index contributed by atoms with van der Waals surface area (Å²) in [4.78, 5) is 0. The van der Waals surface area contributed by atoms with Gasteiger partial charge in [0.05, 0.1) is 0 Å². The van der Waals surface area contributed by atoms with E-state index in [0.717, 1.165) is 0 Å². The van der Waals surface area contributed by atoms with Crippen molar-refractivity contribution in [2.75, 3.05) is 14.1 Å². The van der Waals surface area contributed by atoms with Gasteiger partial charge in [-0.2, -0.15) is 13.2 Å². The van der Waals surface area contributed by atoms with E-state index in [9.17, 15) is 13.2 Å². The van der Waals surface area contributed by atoms with Gasteiger partial charge >= 0.3 is 6.18 Å². The third-order valence-electron chi connectivity index (χ3n) is 0. The number of alkyl halides is 3. The van der Waals surface area contributed by atoms with Gasteiger partial charge in [0, 0.05) is 6.92 Å². The lowest BCUT2D eigenvalue weighted by molar-refractivity contribution is -0.110. The number of hydrogen-bond acceptors (Lipinski definition) is 1. The highest BCUT2D eigenvalue weighted by Crippen LogP contribution is 2.10. The van der Waals surface area contributed by atoms with Gasteiger partial charge < -0.3 is 5.32 Å². The molecule has 0 amide bonds. The van der Waals surface area contributed by atoms with E-state index in [0.29, 0.717) is 0 Å². The predicted octanol–water partition coefficient (Wildman–Crippen LogP) is 1.40. The number of nitrogens with one attached hydrogen (secondary N) is 1. The van der Waals surface area contributed by atoms with Crippen LogP contribution in [0.5, 0.6) is 0 Å². The first-order valence-corrected chi connectivity index (χ1v) is 2.07. The SMILES string of the molecule is CC(F)(F)F.CNC. The van der Waals surface area contributed by atoms with E-state index in [1.54, 1.807) is 0 Å². The summed E-state index contributed by atoms with van der Waals surface area (Å²) in [7, 11) is 3.75. The molecule has 0 heterocycles. The first kappa shape index (κ1) is 10.7. The summed E-state index contributed by atoms with van der Waals surface area (Å²) >= 11 is 0. The van der Waals surface area contributed by atoms with Crippen molar-refractivity contribution < 1.29 is 13.2 Å². The molecule has 0 saturated heterocycles. The average molecular weight is 129 g/mol. The van der Waals surface area contributed by atoms with Crippen molar-refractivity contribution in [3.05, 3.63) is 0 Å². The van der Waals surface area contributed by atoms with Gasteiger partial charge in [-0.15, -0.1) is 0 Å². The molecule has 0 saturated carbocycles. The van der Waals surface area contributed by atoms with Gasteiger partial charge in [-0.05, 0) is 14.1 Å². The van der Waals surface area contributed by atoms with Crippen LogP contribution in [0.15, 0.2) is 0 Å². The fourth-order valence-electron chi connectivity index (χ4n) is 0. The normalized spacial score (nSPS) is 9.75. The third kappa shape index (κ3) is 2080. The van der Waals surface area contributed by atoms with Crippen LogP contribution >= 0.6 is 0 Å². The molecule has 4 heteroatoms. The van der Waals surface area contributed by atoms with Crippen molar-refractivity contribution in [3.63, 3.8) is 0 Å². The zero-order valence-corrected chi connectivity index (χ0v) is 5.13. The van der Waals surface area contributed by atoms with Crippen molar-refractivity contribution in [1.82, 2.24) is 5.32 Å². The molecule has 1 N–H and O–H groups in total. The highest BCUT2D eigenvalue weighted by atomic mass is 19.4. The van der Waals surface area contributed by atoms with Crippen molar-refractivity contribution in [2.45, 2.75) is 13.1 Å². The first-order valence-electron chi connectivity index (χ1n) is 2.07. The maximum absolute atomic E-state index is 10.4. The summed E-state index contributed by atoms with van der Waals surface area (Å²) in [6.07, 6.45) is -4.00. The van der Waals surface area contributed by atoms with Crippen LogP contribution in [0.25, 0.3) is 0 Å². The summed E-state index contributed by atoms with van der Waals surface area (Å²) in [6.45, 7) is 0.188. The van der Waals surface area contributed by atoms with E-state index >= 15 is 0 Å².